The van der Waals surface area contributed by atoms with E-state index in [2.05, 4.69) is 13.0 Å². The molecule has 17 heavy (non-hydrogen) atoms. The van der Waals surface area contributed by atoms with Crippen molar-refractivity contribution in [3.05, 3.63) is 29.3 Å². The minimum atomic E-state index is -0.329. The minimum absolute atomic E-state index is 0.0260. The van der Waals surface area contributed by atoms with E-state index in [0.717, 1.165) is 24.2 Å². The van der Waals surface area contributed by atoms with Crippen molar-refractivity contribution in [1.29, 1.82) is 0 Å². The van der Waals surface area contributed by atoms with Crippen LogP contribution in [0.3, 0.4) is 0 Å². The normalized spacial score (nSPS) is 10.1. The maximum absolute atomic E-state index is 11.1. The Hall–Kier alpha value is -1.51. The lowest BCUT2D eigenvalue weighted by atomic mass is 10.1. The van der Waals surface area contributed by atoms with Crippen molar-refractivity contribution in [3.63, 3.8) is 0 Å². The number of hydrogen-bond donors (Lipinski definition) is 0. The van der Waals surface area contributed by atoms with Crippen molar-refractivity contribution < 1.29 is 14.3 Å². The topological polar surface area (TPSA) is 35.5 Å². The van der Waals surface area contributed by atoms with E-state index in [1.165, 1.54) is 5.56 Å². The fourth-order valence-electron chi connectivity index (χ4n) is 1.66. The van der Waals surface area contributed by atoms with Gasteiger partial charge in [0, 0.05) is 0 Å². The third-order valence-electron chi connectivity index (χ3n) is 2.43. The summed E-state index contributed by atoms with van der Waals surface area (Å²) in [6.45, 7) is 6.28. The summed E-state index contributed by atoms with van der Waals surface area (Å²) in [6.07, 6.45) is 2.20. The van der Waals surface area contributed by atoms with Gasteiger partial charge in [-0.3, -0.25) is 0 Å². The van der Waals surface area contributed by atoms with E-state index in [1.807, 2.05) is 19.1 Å². The molecule has 0 aliphatic carbocycles. The Morgan fingerprint density at radius 2 is 2.06 bits per heavy atom. The lowest BCUT2D eigenvalue weighted by Crippen LogP contribution is -2.14. The highest BCUT2D eigenvalue weighted by Crippen LogP contribution is 2.19. The van der Waals surface area contributed by atoms with Gasteiger partial charge < -0.3 is 9.47 Å². The summed E-state index contributed by atoms with van der Waals surface area (Å²) in [5.41, 5.74) is 2.36. The van der Waals surface area contributed by atoms with Gasteiger partial charge in [-0.15, -0.1) is 0 Å². The zero-order valence-electron chi connectivity index (χ0n) is 10.8. The summed E-state index contributed by atoms with van der Waals surface area (Å²) in [7, 11) is 0. The summed E-state index contributed by atoms with van der Waals surface area (Å²) in [5.74, 6) is 0.419. The fraction of sp³-hybridized carbons (Fsp3) is 0.500. The molecule has 0 radical (unpaired) electrons. The fourth-order valence-corrected chi connectivity index (χ4v) is 1.66. The van der Waals surface area contributed by atoms with E-state index >= 15 is 0 Å². The maximum Gasteiger partial charge on any atom is 0.344 e. The molecule has 1 aromatic rings. The number of rotatable bonds is 6. The second kappa shape index (κ2) is 6.94. The first kappa shape index (κ1) is 13.6. The van der Waals surface area contributed by atoms with Crippen LogP contribution < -0.4 is 4.74 Å². The van der Waals surface area contributed by atoms with Gasteiger partial charge in [0.25, 0.3) is 0 Å². The molecule has 0 unspecified atom stereocenters. The molecule has 0 saturated heterocycles. The molecule has 0 aliphatic rings. The molecule has 0 fully saturated rings. The highest BCUT2D eigenvalue weighted by atomic mass is 16.6. The van der Waals surface area contributed by atoms with Crippen LogP contribution in [0.5, 0.6) is 5.75 Å². The first-order chi connectivity index (χ1) is 8.17. The maximum atomic E-state index is 11.1. The van der Waals surface area contributed by atoms with Crippen molar-refractivity contribution in [3.8, 4) is 5.75 Å². The van der Waals surface area contributed by atoms with E-state index < -0.39 is 0 Å². The monoisotopic (exact) mass is 236 g/mol. The lowest BCUT2D eigenvalue weighted by molar-refractivity contribution is -0.145. The number of benzene rings is 1. The van der Waals surface area contributed by atoms with Gasteiger partial charge in [0.15, 0.2) is 6.61 Å². The first-order valence-corrected chi connectivity index (χ1v) is 6.05. The highest BCUT2D eigenvalue weighted by Gasteiger charge is 2.05. The van der Waals surface area contributed by atoms with Gasteiger partial charge in [0.1, 0.15) is 5.75 Å². The van der Waals surface area contributed by atoms with E-state index in [-0.39, 0.29) is 12.6 Å². The van der Waals surface area contributed by atoms with Crippen LogP contribution in [-0.2, 0) is 16.0 Å². The van der Waals surface area contributed by atoms with Gasteiger partial charge in [-0.05, 0) is 37.5 Å². The van der Waals surface area contributed by atoms with Crippen LogP contribution in [0.1, 0.15) is 31.4 Å². The van der Waals surface area contributed by atoms with Crippen LogP contribution in [0.15, 0.2) is 18.2 Å². The van der Waals surface area contributed by atoms with E-state index in [9.17, 15) is 4.79 Å². The van der Waals surface area contributed by atoms with Gasteiger partial charge >= 0.3 is 5.97 Å². The quantitative estimate of drug-likeness (QED) is 0.712. The number of esters is 1. The van der Waals surface area contributed by atoms with Crippen LogP contribution in [0.4, 0.5) is 0 Å². The van der Waals surface area contributed by atoms with E-state index in [1.54, 1.807) is 6.92 Å². The molecule has 0 spiro atoms. The molecule has 0 bridgehead atoms. The number of ether oxygens (including phenoxy) is 2. The molecule has 94 valence electrons. The van der Waals surface area contributed by atoms with Crippen LogP contribution in [0.2, 0.25) is 0 Å². The summed E-state index contributed by atoms with van der Waals surface area (Å²) in [4.78, 5) is 11.1. The zero-order chi connectivity index (χ0) is 12.7. The summed E-state index contributed by atoms with van der Waals surface area (Å²) >= 11 is 0. The van der Waals surface area contributed by atoms with Gasteiger partial charge in [0.05, 0.1) is 6.61 Å². The van der Waals surface area contributed by atoms with Gasteiger partial charge in [-0.1, -0.05) is 25.5 Å². The smallest absolute Gasteiger partial charge is 0.344 e. The number of carbonyl (C=O) groups is 1. The van der Waals surface area contributed by atoms with Gasteiger partial charge in [-0.25, -0.2) is 4.79 Å². The molecule has 0 aromatic heterocycles. The Balaban J connectivity index is 2.57. The SMILES string of the molecule is CCCc1ccc(OCC(=O)OCC)c(C)c1. The van der Waals surface area contributed by atoms with Crippen molar-refractivity contribution in [2.45, 2.75) is 33.6 Å². The molecule has 0 atom stereocenters. The summed E-state index contributed by atoms with van der Waals surface area (Å²) in [5, 5.41) is 0. The Morgan fingerprint density at radius 3 is 2.65 bits per heavy atom. The Kier molecular flexibility index (Phi) is 5.53. The molecule has 0 aliphatic heterocycles. The second-order valence-corrected chi connectivity index (χ2v) is 3.94. The highest BCUT2D eigenvalue weighted by molar-refractivity contribution is 5.71. The first-order valence-electron chi connectivity index (χ1n) is 6.05. The number of hydrogen-bond acceptors (Lipinski definition) is 3. The largest absolute Gasteiger partial charge is 0.482 e. The van der Waals surface area contributed by atoms with E-state index in [4.69, 9.17) is 9.47 Å². The molecule has 0 amide bonds. The van der Waals surface area contributed by atoms with Crippen LogP contribution >= 0.6 is 0 Å². The Bertz CT molecular complexity index is 372. The molecule has 1 aromatic carbocycles. The number of aryl methyl sites for hydroxylation is 2. The summed E-state index contributed by atoms with van der Waals surface area (Å²) in [6, 6.07) is 6.06. The molecular formula is C14H20O3. The van der Waals surface area contributed by atoms with Gasteiger partial charge in [-0.2, -0.15) is 0 Å². The van der Waals surface area contributed by atoms with Crippen molar-refractivity contribution in [2.24, 2.45) is 0 Å². The second-order valence-electron chi connectivity index (χ2n) is 3.94. The predicted molar refractivity (Wildman–Crippen MR) is 67.3 cm³/mol. The van der Waals surface area contributed by atoms with E-state index in [0.29, 0.717) is 6.61 Å². The molecular weight excluding hydrogens is 216 g/mol. The van der Waals surface area contributed by atoms with Crippen molar-refractivity contribution in [1.82, 2.24) is 0 Å². The lowest BCUT2D eigenvalue weighted by Gasteiger charge is -2.09. The Labute approximate surface area is 103 Å². The molecule has 3 heteroatoms. The average molecular weight is 236 g/mol. The Morgan fingerprint density at radius 1 is 1.29 bits per heavy atom. The van der Waals surface area contributed by atoms with Crippen LogP contribution in [0, 0.1) is 6.92 Å². The molecule has 0 saturated carbocycles. The summed E-state index contributed by atoms with van der Waals surface area (Å²) < 4.78 is 10.2. The minimum Gasteiger partial charge on any atom is -0.482 e. The zero-order valence-corrected chi connectivity index (χ0v) is 10.8. The molecule has 3 nitrogen and oxygen atoms in total. The molecule has 0 N–H and O–H groups in total. The molecule has 1 rings (SSSR count). The van der Waals surface area contributed by atoms with Crippen LogP contribution in [-0.4, -0.2) is 19.2 Å². The third-order valence-corrected chi connectivity index (χ3v) is 2.43. The molecule has 0 heterocycles. The predicted octanol–water partition coefficient (Wildman–Crippen LogP) is 2.89. The third kappa shape index (κ3) is 4.47. The average Bonchev–Trinajstić information content (AvgIpc) is 2.29. The standard InChI is InChI=1S/C14H20O3/c1-4-6-12-7-8-13(11(3)9-12)17-10-14(15)16-5-2/h7-9H,4-6,10H2,1-3H3. The van der Waals surface area contributed by atoms with Crippen molar-refractivity contribution >= 4 is 5.97 Å². The number of carbonyl (C=O) groups excluding carboxylic acids is 1. The van der Waals surface area contributed by atoms with Crippen molar-refractivity contribution in [2.75, 3.05) is 13.2 Å². The van der Waals surface area contributed by atoms with Crippen LogP contribution in [0.25, 0.3) is 0 Å². The van der Waals surface area contributed by atoms with Gasteiger partial charge in [0.2, 0.25) is 0 Å².